The van der Waals surface area contributed by atoms with Crippen molar-refractivity contribution >= 4 is 40.1 Å². The Morgan fingerprint density at radius 1 is 0.364 bits per heavy atom. The molecule has 160 valence electrons. The highest BCUT2D eigenvalue weighted by Gasteiger charge is 2.29. The average Bonchev–Trinajstić information content (AvgIpc) is 2.91. The lowest BCUT2D eigenvalue weighted by atomic mass is 10.2. The fourth-order valence-corrected chi connectivity index (χ4v) is 6.78. The predicted octanol–water partition coefficient (Wildman–Crippen LogP) is 6.80. The van der Waals surface area contributed by atoms with Crippen molar-refractivity contribution in [3.05, 3.63) is 146 Å². The Morgan fingerprint density at radius 3 is 1.06 bits per heavy atom. The van der Waals surface area contributed by atoms with E-state index in [1.807, 2.05) is 109 Å². The lowest BCUT2D eigenvalue weighted by Gasteiger charge is -2.26. The monoisotopic (exact) mass is 445 g/mol. The van der Waals surface area contributed by atoms with Crippen LogP contribution in [0.5, 0.6) is 0 Å². The Labute approximate surface area is 195 Å². The molecule has 0 aromatic heterocycles. The Bertz CT molecular complexity index is 1270. The standard InChI is InChI=1S/C30H24NOP/c32-33(28-17-9-3-10-18-28,29-19-11-4-12-20-29)30-23-21-27(22-24-30)31(25-13-5-1-6-14-25)26-15-7-2-8-16-26/h1-24H. The summed E-state index contributed by atoms with van der Waals surface area (Å²) in [4.78, 5) is 2.21. The molecule has 0 bridgehead atoms. The second-order valence-corrected chi connectivity index (χ2v) is 10.6. The van der Waals surface area contributed by atoms with Gasteiger partial charge in [0.25, 0.3) is 0 Å². The Kier molecular flexibility index (Phi) is 5.93. The molecule has 0 atom stereocenters. The third kappa shape index (κ3) is 4.14. The first-order chi connectivity index (χ1) is 16.3. The number of para-hydroxylation sites is 2. The normalized spacial score (nSPS) is 11.2. The van der Waals surface area contributed by atoms with Gasteiger partial charge in [-0.1, -0.05) is 97.1 Å². The summed E-state index contributed by atoms with van der Waals surface area (Å²) in [5.41, 5.74) is 3.17. The maximum absolute atomic E-state index is 14.6. The lowest BCUT2D eigenvalue weighted by Crippen LogP contribution is -2.25. The zero-order valence-electron chi connectivity index (χ0n) is 18.2. The van der Waals surface area contributed by atoms with Crippen molar-refractivity contribution in [2.45, 2.75) is 0 Å². The van der Waals surface area contributed by atoms with Crippen LogP contribution in [0.1, 0.15) is 0 Å². The Morgan fingerprint density at radius 2 is 0.667 bits per heavy atom. The largest absolute Gasteiger partial charge is 0.311 e. The summed E-state index contributed by atoms with van der Waals surface area (Å²) in [7, 11) is -2.99. The summed E-state index contributed by atoms with van der Waals surface area (Å²) in [6, 6.07) is 48.3. The van der Waals surface area contributed by atoms with Gasteiger partial charge < -0.3 is 9.46 Å². The highest BCUT2D eigenvalue weighted by molar-refractivity contribution is 7.85. The van der Waals surface area contributed by atoms with Crippen molar-refractivity contribution in [1.29, 1.82) is 0 Å². The van der Waals surface area contributed by atoms with E-state index < -0.39 is 7.14 Å². The lowest BCUT2D eigenvalue weighted by molar-refractivity contribution is 0.592. The van der Waals surface area contributed by atoms with Gasteiger partial charge in [-0.2, -0.15) is 0 Å². The molecule has 0 N–H and O–H groups in total. The minimum Gasteiger partial charge on any atom is -0.311 e. The molecule has 2 nitrogen and oxygen atoms in total. The van der Waals surface area contributed by atoms with Crippen molar-refractivity contribution in [2.75, 3.05) is 4.90 Å². The summed E-state index contributed by atoms with van der Waals surface area (Å²) in [5, 5.41) is 2.50. The number of benzene rings is 5. The first-order valence-electron chi connectivity index (χ1n) is 11.0. The topological polar surface area (TPSA) is 20.3 Å². The van der Waals surface area contributed by atoms with E-state index in [1.54, 1.807) is 0 Å². The second kappa shape index (κ2) is 9.32. The van der Waals surface area contributed by atoms with Crippen LogP contribution in [0.2, 0.25) is 0 Å². The predicted molar refractivity (Wildman–Crippen MR) is 141 cm³/mol. The molecule has 0 unspecified atom stereocenters. The Hall–Kier alpha value is -3.87. The van der Waals surface area contributed by atoms with Crippen LogP contribution in [0.3, 0.4) is 0 Å². The number of anilines is 3. The van der Waals surface area contributed by atoms with E-state index in [1.165, 1.54) is 0 Å². The van der Waals surface area contributed by atoms with Gasteiger partial charge in [-0.05, 0) is 48.5 Å². The molecule has 0 fully saturated rings. The summed E-state index contributed by atoms with van der Waals surface area (Å²) in [6.45, 7) is 0. The van der Waals surface area contributed by atoms with Gasteiger partial charge in [0.15, 0.2) is 7.14 Å². The highest BCUT2D eigenvalue weighted by atomic mass is 31.2. The van der Waals surface area contributed by atoms with E-state index in [9.17, 15) is 4.57 Å². The van der Waals surface area contributed by atoms with Crippen molar-refractivity contribution < 1.29 is 4.57 Å². The van der Waals surface area contributed by atoms with Gasteiger partial charge in [0.1, 0.15) is 0 Å². The molecule has 5 rings (SSSR count). The van der Waals surface area contributed by atoms with E-state index in [-0.39, 0.29) is 0 Å². The second-order valence-electron chi connectivity index (χ2n) is 7.80. The summed E-state index contributed by atoms with van der Waals surface area (Å²) < 4.78 is 14.6. The fourth-order valence-electron chi connectivity index (χ4n) is 4.14. The van der Waals surface area contributed by atoms with Crippen molar-refractivity contribution in [3.8, 4) is 0 Å². The Balaban J connectivity index is 1.62. The summed E-state index contributed by atoms with van der Waals surface area (Å²) >= 11 is 0. The van der Waals surface area contributed by atoms with Crippen molar-refractivity contribution in [2.24, 2.45) is 0 Å². The number of rotatable bonds is 6. The molecule has 0 aliphatic heterocycles. The van der Waals surface area contributed by atoms with Gasteiger partial charge in [-0.15, -0.1) is 0 Å². The molecule has 0 aliphatic carbocycles. The molecule has 0 spiro atoms. The van der Waals surface area contributed by atoms with Crippen LogP contribution >= 0.6 is 7.14 Å². The molecule has 0 saturated heterocycles. The minimum atomic E-state index is -2.99. The molecular formula is C30H24NOP. The number of hydrogen-bond acceptors (Lipinski definition) is 2. The zero-order valence-corrected chi connectivity index (χ0v) is 19.1. The molecule has 0 aliphatic rings. The average molecular weight is 446 g/mol. The molecule has 0 amide bonds. The molecule has 33 heavy (non-hydrogen) atoms. The maximum atomic E-state index is 14.6. The third-order valence-electron chi connectivity index (χ3n) is 5.74. The molecule has 0 radical (unpaired) electrons. The van der Waals surface area contributed by atoms with Crippen LogP contribution < -0.4 is 20.8 Å². The van der Waals surface area contributed by atoms with Crippen LogP contribution in [-0.2, 0) is 4.57 Å². The first kappa shape index (κ1) is 21.0. The van der Waals surface area contributed by atoms with Crippen LogP contribution in [0.15, 0.2) is 146 Å². The zero-order chi connectivity index (χ0) is 22.5. The van der Waals surface area contributed by atoms with E-state index in [0.717, 1.165) is 33.0 Å². The summed E-state index contributed by atoms with van der Waals surface area (Å²) in [6.07, 6.45) is 0. The maximum Gasteiger partial charge on any atom is 0.171 e. The molecule has 5 aromatic carbocycles. The van der Waals surface area contributed by atoms with Gasteiger partial charge in [0, 0.05) is 33.0 Å². The third-order valence-corrected chi connectivity index (χ3v) is 8.82. The molecule has 0 heterocycles. The number of hydrogen-bond donors (Lipinski definition) is 0. The van der Waals surface area contributed by atoms with E-state index in [4.69, 9.17) is 0 Å². The van der Waals surface area contributed by atoms with Gasteiger partial charge in [0.05, 0.1) is 0 Å². The number of nitrogens with zero attached hydrogens (tertiary/aromatic N) is 1. The summed E-state index contributed by atoms with van der Waals surface area (Å²) in [5.74, 6) is 0. The van der Waals surface area contributed by atoms with Crippen molar-refractivity contribution in [1.82, 2.24) is 0 Å². The quantitative estimate of drug-likeness (QED) is 0.268. The molecule has 3 heteroatoms. The van der Waals surface area contributed by atoms with Crippen molar-refractivity contribution in [3.63, 3.8) is 0 Å². The fraction of sp³-hybridized carbons (Fsp3) is 0. The molecule has 0 saturated carbocycles. The highest BCUT2D eigenvalue weighted by Crippen LogP contribution is 2.43. The van der Waals surface area contributed by atoms with Gasteiger partial charge >= 0.3 is 0 Å². The van der Waals surface area contributed by atoms with E-state index >= 15 is 0 Å². The SMILES string of the molecule is O=P(c1ccccc1)(c1ccccc1)c1ccc(N(c2ccccc2)c2ccccc2)cc1. The van der Waals surface area contributed by atoms with Crippen LogP contribution in [0.4, 0.5) is 17.1 Å². The molecular weight excluding hydrogens is 421 g/mol. The van der Waals surface area contributed by atoms with Gasteiger partial charge in [-0.25, -0.2) is 0 Å². The molecule has 5 aromatic rings. The van der Waals surface area contributed by atoms with Gasteiger partial charge in [0.2, 0.25) is 0 Å². The van der Waals surface area contributed by atoms with Gasteiger partial charge in [-0.3, -0.25) is 0 Å². The first-order valence-corrected chi connectivity index (χ1v) is 12.7. The van der Waals surface area contributed by atoms with Crippen LogP contribution in [0, 0.1) is 0 Å². The minimum absolute atomic E-state index is 0.824. The van der Waals surface area contributed by atoms with Crippen LogP contribution in [-0.4, -0.2) is 0 Å². The smallest absolute Gasteiger partial charge is 0.171 e. The van der Waals surface area contributed by atoms with E-state index in [0.29, 0.717) is 0 Å². The van der Waals surface area contributed by atoms with Crippen LogP contribution in [0.25, 0.3) is 0 Å². The van der Waals surface area contributed by atoms with E-state index in [2.05, 4.69) is 41.3 Å².